The van der Waals surface area contributed by atoms with E-state index < -0.39 is 17.7 Å². The van der Waals surface area contributed by atoms with Crippen molar-refractivity contribution < 1.29 is 9.59 Å². The van der Waals surface area contributed by atoms with Gasteiger partial charge in [0.05, 0.1) is 12.2 Å². The zero-order chi connectivity index (χ0) is 17.0. The van der Waals surface area contributed by atoms with Crippen molar-refractivity contribution in [3.63, 3.8) is 0 Å². The number of thiocarbonyl (C=S) groups is 1. The molecule has 122 valence electrons. The van der Waals surface area contributed by atoms with Crippen LogP contribution in [0.15, 0.2) is 29.3 Å². The standard InChI is InChI=1S/C15H17ClN4O2S/c1-19(2)8-7-17-9-12-13(21)18-15(23)20(14(12)22)11-5-3-10(16)4-6-11/h3-6,9,12H,7-8H2,1-2H3,(H,18,21,23). The zero-order valence-electron chi connectivity index (χ0n) is 12.8. The van der Waals surface area contributed by atoms with Crippen LogP contribution < -0.4 is 10.2 Å². The van der Waals surface area contributed by atoms with Gasteiger partial charge in [0.25, 0.3) is 5.91 Å². The maximum Gasteiger partial charge on any atom is 0.251 e. The van der Waals surface area contributed by atoms with Gasteiger partial charge < -0.3 is 10.2 Å². The SMILES string of the molecule is CN(C)CCN=CC1C(=O)NC(=S)N(c2ccc(Cl)cc2)C1=O. The second-order valence-electron chi connectivity index (χ2n) is 5.28. The largest absolute Gasteiger partial charge is 0.308 e. The summed E-state index contributed by atoms with van der Waals surface area (Å²) in [6, 6.07) is 6.65. The highest BCUT2D eigenvalue weighted by Gasteiger charge is 2.38. The van der Waals surface area contributed by atoms with E-state index in [9.17, 15) is 9.59 Å². The smallest absolute Gasteiger partial charge is 0.251 e. The molecule has 1 saturated heterocycles. The van der Waals surface area contributed by atoms with E-state index in [1.807, 2.05) is 19.0 Å². The average molecular weight is 353 g/mol. The Morgan fingerprint density at radius 1 is 1.35 bits per heavy atom. The van der Waals surface area contributed by atoms with Crippen LogP contribution in [0.25, 0.3) is 0 Å². The first-order valence-electron chi connectivity index (χ1n) is 6.99. The monoisotopic (exact) mass is 352 g/mol. The summed E-state index contributed by atoms with van der Waals surface area (Å²) in [5, 5.41) is 3.14. The number of rotatable bonds is 5. The van der Waals surface area contributed by atoms with Crippen LogP contribution in [-0.2, 0) is 9.59 Å². The summed E-state index contributed by atoms with van der Waals surface area (Å²) < 4.78 is 0. The number of nitrogens with zero attached hydrogens (tertiary/aromatic N) is 3. The van der Waals surface area contributed by atoms with Crippen molar-refractivity contribution in [1.82, 2.24) is 10.2 Å². The summed E-state index contributed by atoms with van der Waals surface area (Å²) in [6.07, 6.45) is 1.38. The number of benzene rings is 1. The maximum atomic E-state index is 12.6. The van der Waals surface area contributed by atoms with Gasteiger partial charge in [-0.15, -0.1) is 0 Å². The number of halogens is 1. The molecule has 1 aliphatic rings. The Labute approximate surface area is 145 Å². The minimum Gasteiger partial charge on any atom is -0.308 e. The summed E-state index contributed by atoms with van der Waals surface area (Å²) in [5.74, 6) is -1.87. The van der Waals surface area contributed by atoms with Gasteiger partial charge in [-0.05, 0) is 50.6 Å². The molecule has 1 heterocycles. The second-order valence-corrected chi connectivity index (χ2v) is 6.10. The van der Waals surface area contributed by atoms with E-state index in [1.54, 1.807) is 24.3 Å². The Morgan fingerprint density at radius 2 is 2.00 bits per heavy atom. The molecule has 1 aromatic rings. The van der Waals surface area contributed by atoms with Gasteiger partial charge in [-0.2, -0.15) is 0 Å². The fourth-order valence-corrected chi connectivity index (χ4v) is 2.42. The first-order valence-corrected chi connectivity index (χ1v) is 7.78. The van der Waals surface area contributed by atoms with Crippen molar-refractivity contribution in [3.05, 3.63) is 29.3 Å². The minimum atomic E-state index is -0.987. The van der Waals surface area contributed by atoms with E-state index in [-0.39, 0.29) is 5.11 Å². The van der Waals surface area contributed by atoms with Crippen LogP contribution in [0.2, 0.25) is 5.02 Å². The second kappa shape index (κ2) is 7.63. The van der Waals surface area contributed by atoms with Crippen LogP contribution >= 0.6 is 23.8 Å². The number of likely N-dealkylation sites (N-methyl/N-ethyl adjacent to an activating group) is 1. The third-order valence-corrected chi connectivity index (χ3v) is 3.75. The molecule has 6 nitrogen and oxygen atoms in total. The Morgan fingerprint density at radius 3 is 2.61 bits per heavy atom. The number of carbonyl (C=O) groups is 2. The molecule has 1 atom stereocenters. The molecule has 2 rings (SSSR count). The van der Waals surface area contributed by atoms with Crippen LogP contribution in [0.1, 0.15) is 0 Å². The number of anilines is 1. The Hall–Kier alpha value is -1.83. The molecule has 1 aromatic carbocycles. The molecule has 1 aliphatic heterocycles. The van der Waals surface area contributed by atoms with E-state index in [0.29, 0.717) is 17.3 Å². The van der Waals surface area contributed by atoms with Gasteiger partial charge in [0.1, 0.15) is 0 Å². The summed E-state index contributed by atoms with van der Waals surface area (Å²) >= 11 is 11.0. The molecule has 0 saturated carbocycles. The Bertz CT molecular complexity index is 645. The molecule has 0 spiro atoms. The number of aliphatic imine (C=N–C) groups is 1. The van der Waals surface area contributed by atoms with E-state index in [4.69, 9.17) is 23.8 Å². The van der Waals surface area contributed by atoms with Gasteiger partial charge in [0.15, 0.2) is 11.0 Å². The summed E-state index contributed by atoms with van der Waals surface area (Å²) in [4.78, 5) is 32.0. The van der Waals surface area contributed by atoms with E-state index in [1.165, 1.54) is 11.1 Å². The van der Waals surface area contributed by atoms with Gasteiger partial charge in [0.2, 0.25) is 5.91 Å². The molecule has 0 radical (unpaired) electrons. The highest BCUT2D eigenvalue weighted by atomic mass is 35.5. The first kappa shape index (κ1) is 17.5. The third-order valence-electron chi connectivity index (χ3n) is 3.22. The lowest BCUT2D eigenvalue weighted by atomic mass is 10.1. The molecule has 0 aliphatic carbocycles. The van der Waals surface area contributed by atoms with Crippen LogP contribution in [0.3, 0.4) is 0 Å². The van der Waals surface area contributed by atoms with Crippen LogP contribution in [-0.4, -0.2) is 55.2 Å². The summed E-state index contributed by atoms with van der Waals surface area (Å²) in [5.41, 5.74) is 0.552. The third kappa shape index (κ3) is 4.34. The fourth-order valence-electron chi connectivity index (χ4n) is 1.99. The molecule has 23 heavy (non-hydrogen) atoms. The topological polar surface area (TPSA) is 65.0 Å². The van der Waals surface area contributed by atoms with E-state index >= 15 is 0 Å². The summed E-state index contributed by atoms with van der Waals surface area (Å²) in [6.45, 7) is 1.24. The molecule has 1 N–H and O–H groups in total. The fraction of sp³-hybridized carbons (Fsp3) is 0.333. The van der Waals surface area contributed by atoms with Crippen molar-refractivity contribution >= 4 is 52.6 Å². The molecular formula is C15H17ClN4O2S. The van der Waals surface area contributed by atoms with Crippen molar-refractivity contribution in [2.75, 3.05) is 32.1 Å². The Balaban J connectivity index is 2.18. The van der Waals surface area contributed by atoms with Crippen molar-refractivity contribution in [1.29, 1.82) is 0 Å². The molecular weight excluding hydrogens is 336 g/mol. The Kier molecular flexibility index (Phi) is 5.81. The van der Waals surface area contributed by atoms with Crippen molar-refractivity contribution in [2.24, 2.45) is 10.9 Å². The molecule has 0 aromatic heterocycles. The van der Waals surface area contributed by atoms with Gasteiger partial charge in [-0.1, -0.05) is 11.6 Å². The number of carbonyl (C=O) groups excluding carboxylic acids is 2. The van der Waals surface area contributed by atoms with Gasteiger partial charge in [0, 0.05) is 17.8 Å². The number of hydrogen-bond acceptors (Lipinski definition) is 5. The van der Waals surface area contributed by atoms with Crippen LogP contribution in [0.5, 0.6) is 0 Å². The highest BCUT2D eigenvalue weighted by molar-refractivity contribution is 7.80. The van der Waals surface area contributed by atoms with E-state index in [0.717, 1.165) is 6.54 Å². The van der Waals surface area contributed by atoms with Crippen LogP contribution in [0.4, 0.5) is 5.69 Å². The van der Waals surface area contributed by atoms with Gasteiger partial charge in [-0.25, -0.2) is 0 Å². The maximum absolute atomic E-state index is 12.6. The molecule has 0 bridgehead atoms. The molecule has 8 heteroatoms. The number of hydrogen-bond donors (Lipinski definition) is 1. The van der Waals surface area contributed by atoms with Crippen LogP contribution in [0, 0.1) is 5.92 Å². The average Bonchev–Trinajstić information content (AvgIpc) is 2.47. The van der Waals surface area contributed by atoms with E-state index in [2.05, 4.69) is 10.3 Å². The van der Waals surface area contributed by atoms with Gasteiger partial charge >= 0.3 is 0 Å². The summed E-state index contributed by atoms with van der Waals surface area (Å²) in [7, 11) is 3.85. The zero-order valence-corrected chi connectivity index (χ0v) is 14.4. The van der Waals surface area contributed by atoms with Gasteiger partial charge in [-0.3, -0.25) is 19.5 Å². The molecule has 1 fully saturated rings. The lowest BCUT2D eigenvalue weighted by Gasteiger charge is -2.30. The lowest BCUT2D eigenvalue weighted by Crippen LogP contribution is -2.58. The van der Waals surface area contributed by atoms with Crippen molar-refractivity contribution in [2.45, 2.75) is 0 Å². The van der Waals surface area contributed by atoms with Crippen molar-refractivity contribution in [3.8, 4) is 0 Å². The lowest BCUT2D eigenvalue weighted by molar-refractivity contribution is -0.130. The normalized spacial score (nSPS) is 18.9. The predicted octanol–water partition coefficient (Wildman–Crippen LogP) is 1.34. The highest BCUT2D eigenvalue weighted by Crippen LogP contribution is 2.22. The molecule has 1 unspecified atom stereocenters. The molecule has 2 amide bonds. The minimum absolute atomic E-state index is 0.0558. The quantitative estimate of drug-likeness (QED) is 0.493. The first-order chi connectivity index (χ1) is 10.9. The predicted molar refractivity (Wildman–Crippen MR) is 95.1 cm³/mol. The number of nitrogens with one attached hydrogen (secondary N) is 1. The number of amides is 2.